The molecule has 0 unspecified atom stereocenters. The predicted molar refractivity (Wildman–Crippen MR) is 111 cm³/mol. The van der Waals surface area contributed by atoms with Gasteiger partial charge in [0.2, 0.25) is 0 Å². The molecule has 0 atom stereocenters. The Balaban J connectivity index is 1.68. The summed E-state index contributed by atoms with van der Waals surface area (Å²) in [5, 5.41) is 8.18. The summed E-state index contributed by atoms with van der Waals surface area (Å²) in [6.45, 7) is 6.49. The SMILES string of the molecule is CC(C)(C)OC(=O)Nc1cccc(C(=O)Nc2cccc(N3CCNC3=O)c2)c1. The van der Waals surface area contributed by atoms with E-state index in [2.05, 4.69) is 16.0 Å². The van der Waals surface area contributed by atoms with Crippen LogP contribution in [0.4, 0.5) is 26.7 Å². The van der Waals surface area contributed by atoms with Crippen LogP contribution in [0, 0.1) is 0 Å². The molecule has 2 aromatic rings. The van der Waals surface area contributed by atoms with Gasteiger partial charge in [0, 0.05) is 35.7 Å². The van der Waals surface area contributed by atoms with Gasteiger partial charge in [-0.2, -0.15) is 0 Å². The molecular weight excluding hydrogens is 372 g/mol. The fraction of sp³-hybridized carbons (Fsp3) is 0.286. The second-order valence-corrected chi connectivity index (χ2v) is 7.60. The molecule has 1 saturated heterocycles. The summed E-state index contributed by atoms with van der Waals surface area (Å²) in [4.78, 5) is 38.0. The van der Waals surface area contributed by atoms with Gasteiger partial charge in [-0.25, -0.2) is 9.59 Å². The van der Waals surface area contributed by atoms with Crippen molar-refractivity contribution < 1.29 is 19.1 Å². The standard InChI is InChI=1S/C21H24N4O4/c1-21(2,3)29-20(28)24-15-7-4-6-14(12-15)18(26)23-16-8-5-9-17(13-16)25-11-10-22-19(25)27/h4-9,12-13H,10-11H2,1-3H3,(H,22,27)(H,23,26)(H,24,28). The summed E-state index contributed by atoms with van der Waals surface area (Å²) in [6, 6.07) is 13.5. The minimum atomic E-state index is -0.615. The van der Waals surface area contributed by atoms with Crippen LogP contribution in [0.15, 0.2) is 48.5 Å². The van der Waals surface area contributed by atoms with Gasteiger partial charge in [-0.15, -0.1) is 0 Å². The van der Waals surface area contributed by atoms with E-state index in [1.807, 2.05) is 6.07 Å². The monoisotopic (exact) mass is 396 g/mol. The van der Waals surface area contributed by atoms with E-state index in [0.717, 1.165) is 0 Å². The Morgan fingerprint density at radius 2 is 1.72 bits per heavy atom. The first-order valence-corrected chi connectivity index (χ1v) is 9.28. The number of carbonyl (C=O) groups excluding carboxylic acids is 3. The number of hydrogen-bond donors (Lipinski definition) is 3. The quantitative estimate of drug-likeness (QED) is 0.731. The van der Waals surface area contributed by atoms with Gasteiger partial charge in [0.15, 0.2) is 0 Å². The molecule has 1 aliphatic heterocycles. The molecule has 4 amide bonds. The van der Waals surface area contributed by atoms with Crippen molar-refractivity contribution in [2.75, 3.05) is 28.6 Å². The van der Waals surface area contributed by atoms with Crippen molar-refractivity contribution in [3.63, 3.8) is 0 Å². The van der Waals surface area contributed by atoms with Crippen molar-refractivity contribution in [3.05, 3.63) is 54.1 Å². The lowest BCUT2D eigenvalue weighted by atomic mass is 10.1. The van der Waals surface area contributed by atoms with Crippen molar-refractivity contribution in [3.8, 4) is 0 Å². The van der Waals surface area contributed by atoms with E-state index in [1.54, 1.807) is 68.1 Å². The molecule has 1 aliphatic rings. The summed E-state index contributed by atoms with van der Waals surface area (Å²) in [6.07, 6.45) is -0.591. The molecular formula is C21H24N4O4. The van der Waals surface area contributed by atoms with E-state index < -0.39 is 11.7 Å². The van der Waals surface area contributed by atoms with Crippen LogP contribution < -0.4 is 20.9 Å². The second-order valence-electron chi connectivity index (χ2n) is 7.60. The van der Waals surface area contributed by atoms with Crippen LogP contribution in [0.3, 0.4) is 0 Å². The van der Waals surface area contributed by atoms with Gasteiger partial charge >= 0.3 is 12.1 Å². The number of hydrogen-bond acceptors (Lipinski definition) is 4. The Morgan fingerprint density at radius 1 is 1.03 bits per heavy atom. The highest BCUT2D eigenvalue weighted by Crippen LogP contribution is 2.22. The number of rotatable bonds is 4. The highest BCUT2D eigenvalue weighted by atomic mass is 16.6. The lowest BCUT2D eigenvalue weighted by molar-refractivity contribution is 0.0635. The summed E-state index contributed by atoms with van der Waals surface area (Å²) >= 11 is 0. The number of ether oxygens (including phenoxy) is 1. The summed E-state index contributed by atoms with van der Waals surface area (Å²) in [5.41, 5.74) is 1.49. The Morgan fingerprint density at radius 3 is 2.38 bits per heavy atom. The molecule has 152 valence electrons. The molecule has 0 bridgehead atoms. The van der Waals surface area contributed by atoms with Crippen molar-refractivity contribution in [2.45, 2.75) is 26.4 Å². The van der Waals surface area contributed by atoms with E-state index in [0.29, 0.717) is 35.7 Å². The Labute approximate surface area is 169 Å². The highest BCUT2D eigenvalue weighted by Gasteiger charge is 2.21. The van der Waals surface area contributed by atoms with Crippen molar-refractivity contribution in [1.29, 1.82) is 0 Å². The maximum atomic E-state index is 12.6. The second kappa shape index (κ2) is 8.22. The predicted octanol–water partition coefficient (Wildman–Crippen LogP) is 3.82. The van der Waals surface area contributed by atoms with Crippen molar-refractivity contribution in [1.82, 2.24) is 5.32 Å². The number of urea groups is 1. The maximum Gasteiger partial charge on any atom is 0.412 e. The van der Waals surface area contributed by atoms with E-state index >= 15 is 0 Å². The summed E-state index contributed by atoms with van der Waals surface area (Å²) in [7, 11) is 0. The number of carbonyl (C=O) groups is 3. The average molecular weight is 396 g/mol. The Hall–Kier alpha value is -3.55. The summed E-state index contributed by atoms with van der Waals surface area (Å²) < 4.78 is 5.22. The first-order valence-electron chi connectivity index (χ1n) is 9.28. The molecule has 8 heteroatoms. The molecule has 29 heavy (non-hydrogen) atoms. The van der Waals surface area contributed by atoms with Gasteiger partial charge in [0.25, 0.3) is 5.91 Å². The number of benzene rings is 2. The van der Waals surface area contributed by atoms with Gasteiger partial charge in [-0.3, -0.25) is 15.0 Å². The number of nitrogens with one attached hydrogen (secondary N) is 3. The average Bonchev–Trinajstić information content (AvgIpc) is 3.06. The summed E-state index contributed by atoms with van der Waals surface area (Å²) in [5.74, 6) is -0.333. The number of amides is 4. The smallest absolute Gasteiger partial charge is 0.412 e. The zero-order chi connectivity index (χ0) is 21.0. The molecule has 0 aliphatic carbocycles. The Kier molecular flexibility index (Phi) is 5.72. The fourth-order valence-electron chi connectivity index (χ4n) is 2.83. The molecule has 2 aromatic carbocycles. The zero-order valence-corrected chi connectivity index (χ0v) is 16.6. The first-order chi connectivity index (χ1) is 13.7. The van der Waals surface area contributed by atoms with Crippen LogP contribution in [-0.2, 0) is 4.74 Å². The Bertz CT molecular complexity index is 936. The molecule has 3 N–H and O–H groups in total. The third kappa shape index (κ3) is 5.47. The minimum absolute atomic E-state index is 0.158. The lowest BCUT2D eigenvalue weighted by Crippen LogP contribution is -2.27. The van der Waals surface area contributed by atoms with E-state index in [4.69, 9.17) is 4.74 Å². The third-order valence-electron chi connectivity index (χ3n) is 4.04. The van der Waals surface area contributed by atoms with E-state index in [9.17, 15) is 14.4 Å². The van der Waals surface area contributed by atoms with Gasteiger partial charge in [-0.05, 0) is 57.2 Å². The van der Waals surface area contributed by atoms with Crippen LogP contribution in [0.5, 0.6) is 0 Å². The molecule has 0 saturated carbocycles. The van der Waals surface area contributed by atoms with Crippen LogP contribution in [0.1, 0.15) is 31.1 Å². The van der Waals surface area contributed by atoms with Crippen LogP contribution >= 0.6 is 0 Å². The highest BCUT2D eigenvalue weighted by molar-refractivity contribution is 6.05. The van der Waals surface area contributed by atoms with E-state index in [1.165, 1.54) is 0 Å². The largest absolute Gasteiger partial charge is 0.444 e. The van der Waals surface area contributed by atoms with Crippen LogP contribution in [0.25, 0.3) is 0 Å². The minimum Gasteiger partial charge on any atom is -0.444 e. The normalized spacial score (nSPS) is 13.6. The molecule has 0 spiro atoms. The van der Waals surface area contributed by atoms with Gasteiger partial charge < -0.3 is 15.4 Å². The van der Waals surface area contributed by atoms with Crippen LogP contribution in [-0.4, -0.2) is 36.7 Å². The maximum absolute atomic E-state index is 12.6. The van der Waals surface area contributed by atoms with Crippen LogP contribution in [0.2, 0.25) is 0 Å². The molecule has 1 heterocycles. The molecule has 0 radical (unpaired) electrons. The molecule has 1 fully saturated rings. The van der Waals surface area contributed by atoms with Crippen molar-refractivity contribution in [2.24, 2.45) is 0 Å². The fourth-order valence-corrected chi connectivity index (χ4v) is 2.83. The molecule has 8 nitrogen and oxygen atoms in total. The van der Waals surface area contributed by atoms with E-state index in [-0.39, 0.29) is 11.9 Å². The number of anilines is 3. The molecule has 0 aromatic heterocycles. The van der Waals surface area contributed by atoms with Gasteiger partial charge in [-0.1, -0.05) is 12.1 Å². The third-order valence-corrected chi connectivity index (χ3v) is 4.04. The first kappa shape index (κ1) is 20.2. The number of nitrogens with zero attached hydrogens (tertiary/aromatic N) is 1. The lowest BCUT2D eigenvalue weighted by Gasteiger charge is -2.19. The van der Waals surface area contributed by atoms with Gasteiger partial charge in [0.05, 0.1) is 0 Å². The van der Waals surface area contributed by atoms with Crippen molar-refractivity contribution >= 4 is 35.1 Å². The van der Waals surface area contributed by atoms with Gasteiger partial charge in [0.1, 0.15) is 5.60 Å². The zero-order valence-electron chi connectivity index (χ0n) is 16.6. The molecule has 3 rings (SSSR count). The topological polar surface area (TPSA) is 99.8 Å².